The molecule has 3 nitrogen and oxygen atoms in total. The molecule has 0 aromatic heterocycles. The Morgan fingerprint density at radius 1 is 1.31 bits per heavy atom. The second kappa shape index (κ2) is 4.92. The van der Waals surface area contributed by atoms with Crippen LogP contribution in [-0.2, 0) is 16.1 Å². The van der Waals surface area contributed by atoms with E-state index in [9.17, 15) is 9.59 Å². The second-order valence-corrected chi connectivity index (χ2v) is 4.13. The highest BCUT2D eigenvalue weighted by Crippen LogP contribution is 2.22. The quantitative estimate of drug-likeness (QED) is 0.719. The first-order valence-corrected chi connectivity index (χ1v) is 5.57. The fraction of sp³-hybridized carbons (Fsp3) is 0.385. The van der Waals surface area contributed by atoms with E-state index < -0.39 is 0 Å². The molecule has 16 heavy (non-hydrogen) atoms. The van der Waals surface area contributed by atoms with Gasteiger partial charge in [-0.05, 0) is 12.0 Å². The van der Waals surface area contributed by atoms with Gasteiger partial charge in [0, 0.05) is 25.4 Å². The van der Waals surface area contributed by atoms with Crippen molar-refractivity contribution in [1.29, 1.82) is 0 Å². The van der Waals surface area contributed by atoms with Crippen LogP contribution in [0.3, 0.4) is 0 Å². The van der Waals surface area contributed by atoms with Gasteiger partial charge in [0.05, 0.1) is 0 Å². The topological polar surface area (TPSA) is 37.4 Å². The van der Waals surface area contributed by atoms with E-state index in [1.807, 2.05) is 35.2 Å². The van der Waals surface area contributed by atoms with Gasteiger partial charge in [0.2, 0.25) is 5.91 Å². The van der Waals surface area contributed by atoms with E-state index in [1.165, 1.54) is 0 Å². The summed E-state index contributed by atoms with van der Waals surface area (Å²) in [5, 5.41) is 0. The Morgan fingerprint density at radius 2 is 2.06 bits per heavy atom. The minimum absolute atomic E-state index is 0.0822. The molecule has 84 valence electrons. The van der Waals surface area contributed by atoms with Gasteiger partial charge in [-0.25, -0.2) is 0 Å². The fourth-order valence-corrected chi connectivity index (χ4v) is 2.10. The summed E-state index contributed by atoms with van der Waals surface area (Å²) in [4.78, 5) is 24.1. The lowest BCUT2D eigenvalue weighted by atomic mass is 10.1. The van der Waals surface area contributed by atoms with Crippen LogP contribution >= 0.6 is 0 Å². The second-order valence-electron chi connectivity index (χ2n) is 4.13. The monoisotopic (exact) mass is 217 g/mol. The molecule has 3 heteroatoms. The van der Waals surface area contributed by atoms with Crippen molar-refractivity contribution in [3.05, 3.63) is 35.9 Å². The van der Waals surface area contributed by atoms with Gasteiger partial charge in [-0.15, -0.1) is 0 Å². The van der Waals surface area contributed by atoms with Crippen molar-refractivity contribution in [1.82, 2.24) is 4.90 Å². The number of benzene rings is 1. The lowest BCUT2D eigenvalue weighted by Crippen LogP contribution is -2.26. The molecule has 1 aliphatic heterocycles. The molecule has 0 spiro atoms. The minimum Gasteiger partial charge on any atom is -0.338 e. The van der Waals surface area contributed by atoms with Crippen molar-refractivity contribution in [3.63, 3.8) is 0 Å². The maximum absolute atomic E-state index is 11.9. The van der Waals surface area contributed by atoms with E-state index in [1.54, 1.807) is 0 Å². The molecule has 1 heterocycles. The van der Waals surface area contributed by atoms with Crippen LogP contribution < -0.4 is 0 Å². The van der Waals surface area contributed by atoms with Crippen molar-refractivity contribution in [2.45, 2.75) is 19.4 Å². The van der Waals surface area contributed by atoms with Crippen molar-refractivity contribution in [2.75, 3.05) is 6.54 Å². The summed E-state index contributed by atoms with van der Waals surface area (Å²) in [6.07, 6.45) is 2.02. The van der Waals surface area contributed by atoms with Crippen LogP contribution in [-0.4, -0.2) is 23.6 Å². The highest BCUT2D eigenvalue weighted by atomic mass is 16.2. The van der Waals surface area contributed by atoms with Crippen LogP contribution in [0.2, 0.25) is 0 Å². The molecule has 1 aliphatic rings. The van der Waals surface area contributed by atoms with E-state index >= 15 is 0 Å². The number of aldehydes is 1. The summed E-state index contributed by atoms with van der Waals surface area (Å²) in [5.41, 5.74) is 1.14. The number of carbonyl (C=O) groups excluding carboxylic acids is 2. The predicted octanol–water partition coefficient (Wildman–Crippen LogP) is 1.62. The Morgan fingerprint density at radius 3 is 2.75 bits per heavy atom. The van der Waals surface area contributed by atoms with E-state index in [2.05, 4.69) is 0 Å². The van der Waals surface area contributed by atoms with Gasteiger partial charge in [0.25, 0.3) is 0 Å². The van der Waals surface area contributed by atoms with Crippen molar-refractivity contribution >= 4 is 12.2 Å². The van der Waals surface area contributed by atoms with Gasteiger partial charge < -0.3 is 9.69 Å². The summed E-state index contributed by atoms with van der Waals surface area (Å²) in [6.45, 7) is 1.43. The molecule has 0 radical (unpaired) electrons. The van der Waals surface area contributed by atoms with Gasteiger partial charge in [-0.3, -0.25) is 4.79 Å². The Hall–Kier alpha value is -1.64. The van der Waals surface area contributed by atoms with Crippen LogP contribution in [0.15, 0.2) is 30.3 Å². The summed E-state index contributed by atoms with van der Waals surface area (Å²) in [6, 6.07) is 9.93. The van der Waals surface area contributed by atoms with E-state index in [0.717, 1.165) is 24.8 Å². The van der Waals surface area contributed by atoms with Gasteiger partial charge in [0.1, 0.15) is 6.29 Å². The molecule has 1 atom stereocenters. The molecule has 2 rings (SSSR count). The molecule has 1 aromatic carbocycles. The third-order valence-electron chi connectivity index (χ3n) is 3.01. The highest BCUT2D eigenvalue weighted by Gasteiger charge is 2.30. The summed E-state index contributed by atoms with van der Waals surface area (Å²) in [5.74, 6) is 0.0390. The van der Waals surface area contributed by atoms with Crippen LogP contribution in [0.5, 0.6) is 0 Å². The van der Waals surface area contributed by atoms with Crippen LogP contribution in [0, 0.1) is 5.92 Å². The molecule has 0 saturated carbocycles. The normalized spacial score (nSPS) is 20.1. The maximum Gasteiger partial charge on any atom is 0.226 e. The Balaban J connectivity index is 1.97. The standard InChI is InChI=1S/C13H15NO2/c15-9-7-12-6-8-14(13(12)16)10-11-4-2-1-3-5-11/h1-5,9,12H,6-8,10H2. The average Bonchev–Trinajstić information content (AvgIpc) is 2.64. The Kier molecular flexibility index (Phi) is 3.34. The van der Waals surface area contributed by atoms with Crippen molar-refractivity contribution in [2.24, 2.45) is 5.92 Å². The van der Waals surface area contributed by atoms with Crippen LogP contribution in [0.25, 0.3) is 0 Å². The number of likely N-dealkylation sites (tertiary alicyclic amines) is 1. The zero-order chi connectivity index (χ0) is 11.4. The number of nitrogens with zero attached hydrogens (tertiary/aromatic N) is 1. The SMILES string of the molecule is O=CCC1CCN(Cc2ccccc2)C1=O. The number of hydrogen-bond donors (Lipinski definition) is 0. The molecule has 1 amide bonds. The first-order chi connectivity index (χ1) is 7.81. The lowest BCUT2D eigenvalue weighted by molar-refractivity contribution is -0.132. The third-order valence-corrected chi connectivity index (χ3v) is 3.01. The maximum atomic E-state index is 11.9. The Labute approximate surface area is 95.1 Å². The first-order valence-electron chi connectivity index (χ1n) is 5.57. The van der Waals surface area contributed by atoms with E-state index in [4.69, 9.17) is 0 Å². The van der Waals surface area contributed by atoms with Gasteiger partial charge in [-0.2, -0.15) is 0 Å². The Bertz CT molecular complexity index is 375. The summed E-state index contributed by atoms with van der Waals surface area (Å²) >= 11 is 0. The van der Waals surface area contributed by atoms with E-state index in [-0.39, 0.29) is 11.8 Å². The summed E-state index contributed by atoms with van der Waals surface area (Å²) < 4.78 is 0. The number of amides is 1. The molecular weight excluding hydrogens is 202 g/mol. The molecule has 1 saturated heterocycles. The molecule has 1 fully saturated rings. The molecule has 0 bridgehead atoms. The number of carbonyl (C=O) groups is 2. The first kappa shape index (κ1) is 10.9. The largest absolute Gasteiger partial charge is 0.338 e. The predicted molar refractivity (Wildman–Crippen MR) is 60.6 cm³/mol. The van der Waals surface area contributed by atoms with Gasteiger partial charge in [-0.1, -0.05) is 30.3 Å². The zero-order valence-electron chi connectivity index (χ0n) is 9.13. The third kappa shape index (κ3) is 2.30. The zero-order valence-corrected chi connectivity index (χ0v) is 9.13. The molecule has 1 unspecified atom stereocenters. The van der Waals surface area contributed by atoms with Crippen LogP contribution in [0.4, 0.5) is 0 Å². The van der Waals surface area contributed by atoms with E-state index in [0.29, 0.717) is 13.0 Å². The minimum atomic E-state index is -0.0822. The van der Waals surface area contributed by atoms with Crippen LogP contribution in [0.1, 0.15) is 18.4 Å². The lowest BCUT2D eigenvalue weighted by Gasteiger charge is -2.16. The highest BCUT2D eigenvalue weighted by molar-refractivity contribution is 5.82. The summed E-state index contributed by atoms with van der Waals surface area (Å²) in [7, 11) is 0. The molecule has 0 aliphatic carbocycles. The molecule has 0 N–H and O–H groups in total. The van der Waals surface area contributed by atoms with Crippen molar-refractivity contribution in [3.8, 4) is 0 Å². The van der Waals surface area contributed by atoms with Gasteiger partial charge >= 0.3 is 0 Å². The molecule has 1 aromatic rings. The molecular formula is C13H15NO2. The fourth-order valence-electron chi connectivity index (χ4n) is 2.10. The smallest absolute Gasteiger partial charge is 0.226 e. The van der Waals surface area contributed by atoms with Gasteiger partial charge in [0.15, 0.2) is 0 Å². The number of rotatable bonds is 4. The number of hydrogen-bond acceptors (Lipinski definition) is 2. The van der Waals surface area contributed by atoms with Crippen molar-refractivity contribution < 1.29 is 9.59 Å². The average molecular weight is 217 g/mol.